The van der Waals surface area contributed by atoms with Crippen LogP contribution in [0.1, 0.15) is 41.6 Å². The Morgan fingerprint density at radius 2 is 2.06 bits per heavy atom. The van der Waals surface area contributed by atoms with Gasteiger partial charge in [-0.1, -0.05) is 0 Å². The molecule has 170 valence electrons. The van der Waals surface area contributed by atoms with Gasteiger partial charge in [0.15, 0.2) is 5.65 Å². The van der Waals surface area contributed by atoms with E-state index in [-0.39, 0.29) is 29.0 Å². The average Bonchev–Trinajstić information content (AvgIpc) is 3.27. The van der Waals surface area contributed by atoms with Crippen molar-refractivity contribution in [1.29, 1.82) is 0 Å². The van der Waals surface area contributed by atoms with Crippen molar-refractivity contribution in [2.75, 3.05) is 5.32 Å². The van der Waals surface area contributed by atoms with E-state index in [0.717, 1.165) is 12.8 Å². The molecule has 3 aromatic rings. The number of ketones is 1. The number of amides is 1. The molecule has 4 unspecified atom stereocenters. The number of halogens is 1. The Balaban J connectivity index is 1.44. The summed E-state index contributed by atoms with van der Waals surface area (Å²) in [7, 11) is 1.69. The van der Waals surface area contributed by atoms with E-state index >= 15 is 0 Å². The van der Waals surface area contributed by atoms with Crippen LogP contribution in [0.4, 0.5) is 16.0 Å². The Bertz CT molecular complexity index is 1440. The van der Waals surface area contributed by atoms with E-state index in [1.54, 1.807) is 24.7 Å². The van der Waals surface area contributed by atoms with E-state index in [1.807, 2.05) is 0 Å². The standard InChI is InChI=1S/C23H23FN6O3/c1-10-3-13(19(25)32)15(24)5-16(10)27-21-26-9-17-20(28-21)30(22(33)29(17)2)23-6-11-4-12(7-23)18(31)14(11)8-23/h3,5,9,11-12,14H,4,6-8H2,1-2H3,(H2,25,32)(H,26,27,28). The van der Waals surface area contributed by atoms with Gasteiger partial charge in [-0.25, -0.2) is 14.2 Å². The minimum Gasteiger partial charge on any atom is -0.366 e. The van der Waals surface area contributed by atoms with Crippen LogP contribution in [0.15, 0.2) is 23.1 Å². The normalized spacial score (nSPS) is 27.6. The molecule has 0 radical (unpaired) electrons. The topological polar surface area (TPSA) is 125 Å². The highest BCUT2D eigenvalue weighted by Gasteiger charge is 2.62. The largest absolute Gasteiger partial charge is 0.366 e. The number of primary amides is 1. The summed E-state index contributed by atoms with van der Waals surface area (Å²) >= 11 is 0. The van der Waals surface area contributed by atoms with Crippen molar-refractivity contribution in [2.45, 2.75) is 38.1 Å². The smallest absolute Gasteiger partial charge is 0.330 e. The molecule has 2 aromatic heterocycles. The molecule has 33 heavy (non-hydrogen) atoms. The van der Waals surface area contributed by atoms with Gasteiger partial charge in [-0.05, 0) is 56.2 Å². The van der Waals surface area contributed by atoms with Gasteiger partial charge in [-0.15, -0.1) is 0 Å². The molecule has 9 nitrogen and oxygen atoms in total. The average molecular weight is 450 g/mol. The zero-order valence-corrected chi connectivity index (χ0v) is 18.3. The number of hydrogen-bond acceptors (Lipinski definition) is 6. The van der Waals surface area contributed by atoms with Crippen LogP contribution in [-0.2, 0) is 17.4 Å². The number of carbonyl (C=O) groups is 2. The number of aryl methyl sites for hydroxylation is 2. The number of benzene rings is 1. The molecule has 4 bridgehead atoms. The van der Waals surface area contributed by atoms with Crippen molar-refractivity contribution in [3.05, 3.63) is 45.8 Å². The van der Waals surface area contributed by atoms with E-state index in [0.29, 0.717) is 47.0 Å². The number of aromatic nitrogens is 4. The predicted molar refractivity (Wildman–Crippen MR) is 118 cm³/mol. The van der Waals surface area contributed by atoms with E-state index < -0.39 is 17.3 Å². The SMILES string of the molecule is Cc1cc(C(N)=O)c(F)cc1Nc1ncc2c(n1)n(C13CC4CC(C1)C(C3)C4=O)c(=O)n2C. The number of fused-ring (bicyclic) bond motifs is 1. The molecule has 0 aliphatic heterocycles. The first-order valence-electron chi connectivity index (χ1n) is 11.0. The molecule has 4 atom stereocenters. The number of anilines is 2. The predicted octanol–water partition coefficient (Wildman–Crippen LogP) is 2.13. The Hall–Kier alpha value is -3.56. The Labute approximate surface area is 187 Å². The Morgan fingerprint density at radius 1 is 1.27 bits per heavy atom. The fraction of sp³-hybridized carbons (Fsp3) is 0.435. The van der Waals surface area contributed by atoms with Gasteiger partial charge in [0.1, 0.15) is 17.1 Å². The summed E-state index contributed by atoms with van der Waals surface area (Å²) < 4.78 is 17.6. The van der Waals surface area contributed by atoms with E-state index in [4.69, 9.17) is 5.73 Å². The summed E-state index contributed by atoms with van der Waals surface area (Å²) in [5.41, 5.74) is 6.56. The maximum Gasteiger partial charge on any atom is 0.330 e. The molecule has 4 aliphatic rings. The van der Waals surface area contributed by atoms with Crippen molar-refractivity contribution in [1.82, 2.24) is 19.1 Å². The summed E-state index contributed by atoms with van der Waals surface area (Å²) in [6, 6.07) is 2.56. The fourth-order valence-corrected chi connectivity index (χ4v) is 6.46. The van der Waals surface area contributed by atoms with Gasteiger partial charge in [0.2, 0.25) is 5.95 Å². The molecule has 2 heterocycles. The summed E-state index contributed by atoms with van der Waals surface area (Å²) in [6.07, 6.45) is 4.66. The first-order chi connectivity index (χ1) is 15.7. The van der Waals surface area contributed by atoms with Crippen LogP contribution in [-0.4, -0.2) is 30.8 Å². The van der Waals surface area contributed by atoms with Gasteiger partial charge in [-0.3, -0.25) is 18.7 Å². The van der Waals surface area contributed by atoms with Crippen LogP contribution in [0.5, 0.6) is 0 Å². The van der Waals surface area contributed by atoms with Gasteiger partial charge < -0.3 is 11.1 Å². The lowest BCUT2D eigenvalue weighted by atomic mass is 9.75. The molecule has 4 saturated carbocycles. The number of rotatable bonds is 4. The molecule has 10 heteroatoms. The molecule has 0 saturated heterocycles. The number of nitrogens with one attached hydrogen (secondary N) is 1. The third kappa shape index (κ3) is 2.66. The quantitative estimate of drug-likeness (QED) is 0.627. The first-order valence-corrected chi connectivity index (χ1v) is 11.0. The maximum atomic E-state index is 14.3. The number of nitrogens with two attached hydrogens (primary N) is 1. The monoisotopic (exact) mass is 450 g/mol. The number of hydrogen-bond donors (Lipinski definition) is 2. The Morgan fingerprint density at radius 3 is 2.76 bits per heavy atom. The van der Waals surface area contributed by atoms with Crippen LogP contribution in [0.25, 0.3) is 11.2 Å². The molecule has 1 aromatic carbocycles. The summed E-state index contributed by atoms with van der Waals surface area (Å²) in [6.45, 7) is 1.72. The van der Waals surface area contributed by atoms with E-state index in [9.17, 15) is 18.8 Å². The summed E-state index contributed by atoms with van der Waals surface area (Å²) in [4.78, 5) is 46.2. The minimum absolute atomic E-state index is 0.0264. The molecule has 1 amide bonds. The molecule has 7 rings (SSSR count). The molecule has 0 spiro atoms. The third-order valence-corrected chi connectivity index (χ3v) is 7.89. The summed E-state index contributed by atoms with van der Waals surface area (Å²) in [5.74, 6) is -0.610. The van der Waals surface area contributed by atoms with Crippen molar-refractivity contribution < 1.29 is 14.0 Å². The van der Waals surface area contributed by atoms with Crippen LogP contribution in [0.3, 0.4) is 0 Å². The van der Waals surface area contributed by atoms with Gasteiger partial charge in [0, 0.05) is 24.6 Å². The lowest BCUT2D eigenvalue weighted by Gasteiger charge is -2.38. The van der Waals surface area contributed by atoms with Crippen molar-refractivity contribution >= 4 is 34.5 Å². The highest BCUT2D eigenvalue weighted by molar-refractivity contribution is 5.94. The van der Waals surface area contributed by atoms with Gasteiger partial charge in [0.25, 0.3) is 5.91 Å². The lowest BCUT2D eigenvalue weighted by molar-refractivity contribution is -0.127. The Kier molecular flexibility index (Phi) is 3.95. The summed E-state index contributed by atoms with van der Waals surface area (Å²) in [5, 5.41) is 3.00. The number of imidazole rings is 1. The van der Waals surface area contributed by atoms with Crippen molar-refractivity contribution in [2.24, 2.45) is 30.5 Å². The molecule has 3 N–H and O–H groups in total. The minimum atomic E-state index is -0.841. The zero-order valence-electron chi connectivity index (χ0n) is 18.3. The first kappa shape index (κ1) is 20.1. The van der Waals surface area contributed by atoms with Gasteiger partial charge in [0.05, 0.1) is 17.3 Å². The number of Topliss-reactive ketones (excluding diaryl/α,β-unsaturated/α-hetero) is 1. The van der Waals surface area contributed by atoms with Gasteiger partial charge in [-0.2, -0.15) is 4.98 Å². The number of carbonyl (C=O) groups excluding carboxylic acids is 2. The van der Waals surface area contributed by atoms with Crippen LogP contribution < -0.4 is 16.7 Å². The fourth-order valence-electron chi connectivity index (χ4n) is 6.46. The van der Waals surface area contributed by atoms with E-state index in [2.05, 4.69) is 15.3 Å². The molecule has 4 fully saturated rings. The maximum absolute atomic E-state index is 14.3. The van der Waals surface area contributed by atoms with Crippen LogP contribution in [0, 0.1) is 30.5 Å². The molecule has 4 aliphatic carbocycles. The highest BCUT2D eigenvalue weighted by atomic mass is 19.1. The van der Waals surface area contributed by atoms with Gasteiger partial charge >= 0.3 is 5.69 Å². The molecular formula is C23H23FN6O3. The van der Waals surface area contributed by atoms with E-state index in [1.165, 1.54) is 16.7 Å². The zero-order chi connectivity index (χ0) is 23.2. The highest BCUT2D eigenvalue weighted by Crippen LogP contribution is 2.61. The van der Waals surface area contributed by atoms with Crippen molar-refractivity contribution in [3.8, 4) is 0 Å². The third-order valence-electron chi connectivity index (χ3n) is 7.89. The number of nitrogens with zero attached hydrogens (tertiary/aromatic N) is 4. The van der Waals surface area contributed by atoms with Crippen molar-refractivity contribution in [3.63, 3.8) is 0 Å². The molecular weight excluding hydrogens is 427 g/mol. The second-order valence-electron chi connectivity index (χ2n) is 9.75. The van der Waals surface area contributed by atoms with Crippen LogP contribution in [0.2, 0.25) is 0 Å². The second kappa shape index (κ2) is 6.49. The lowest BCUT2D eigenvalue weighted by Crippen LogP contribution is -2.45. The van der Waals surface area contributed by atoms with Crippen LogP contribution >= 0.6 is 0 Å². The second-order valence-corrected chi connectivity index (χ2v) is 9.75.